The zero-order valence-corrected chi connectivity index (χ0v) is 19.5. The quantitative estimate of drug-likeness (QED) is 0.332. The fraction of sp³-hybridized carbons (Fsp3) is 0.409. The first-order valence-electron chi connectivity index (χ1n) is 9.77. The molecule has 3 N–H and O–H groups in total. The summed E-state index contributed by atoms with van der Waals surface area (Å²) in [5.74, 6) is 1.68. The molecule has 1 heterocycles. The molecule has 1 aliphatic rings. The van der Waals surface area contributed by atoms with Gasteiger partial charge in [-0.25, -0.2) is 4.99 Å². The number of nitrogens with one attached hydrogen (secondary N) is 1. The molecule has 2 aromatic carbocycles. The van der Waals surface area contributed by atoms with Gasteiger partial charge in [0.15, 0.2) is 17.5 Å². The van der Waals surface area contributed by atoms with Gasteiger partial charge < -0.3 is 20.5 Å². The van der Waals surface area contributed by atoms with Gasteiger partial charge in [-0.1, -0.05) is 30.7 Å². The first kappa shape index (κ1) is 23.3. The molecule has 3 rings (SSSR count). The van der Waals surface area contributed by atoms with E-state index < -0.39 is 0 Å². The fourth-order valence-corrected chi connectivity index (χ4v) is 3.40. The van der Waals surface area contributed by atoms with Crippen molar-refractivity contribution in [2.75, 3.05) is 32.6 Å². The molecule has 158 valence electrons. The Kier molecular flexibility index (Phi) is 9.53. The normalized spacial score (nSPS) is 14.8. The number of rotatable bonds is 7. The average molecular weight is 510 g/mol. The van der Waals surface area contributed by atoms with Crippen LogP contribution in [0.5, 0.6) is 11.5 Å². The number of piperidine rings is 1. The number of likely N-dealkylation sites (tertiary alicyclic amines) is 1. The molecule has 0 aromatic heterocycles. The molecule has 0 spiro atoms. The summed E-state index contributed by atoms with van der Waals surface area (Å²) in [6.07, 6.45) is 4.00. The highest BCUT2D eigenvalue weighted by Crippen LogP contribution is 2.29. The minimum absolute atomic E-state index is 0. The highest BCUT2D eigenvalue weighted by atomic mass is 127. The SMILES string of the molecule is COc1ccc(NC(N)=NCc2ccc(CN3CCCCC3)cc2)cc1OC.I. The van der Waals surface area contributed by atoms with Gasteiger partial charge in [0.1, 0.15) is 0 Å². The highest BCUT2D eigenvalue weighted by molar-refractivity contribution is 14.0. The van der Waals surface area contributed by atoms with Gasteiger partial charge in [0.25, 0.3) is 0 Å². The number of aliphatic imine (C=N–C) groups is 1. The lowest BCUT2D eigenvalue weighted by Crippen LogP contribution is -2.29. The van der Waals surface area contributed by atoms with Gasteiger partial charge in [0.2, 0.25) is 0 Å². The lowest BCUT2D eigenvalue weighted by atomic mass is 10.1. The van der Waals surface area contributed by atoms with E-state index in [1.165, 1.54) is 37.9 Å². The van der Waals surface area contributed by atoms with Gasteiger partial charge in [-0.2, -0.15) is 0 Å². The predicted molar refractivity (Wildman–Crippen MR) is 129 cm³/mol. The van der Waals surface area contributed by atoms with E-state index in [2.05, 4.69) is 39.5 Å². The number of nitrogens with two attached hydrogens (primary N) is 1. The molecule has 0 amide bonds. The van der Waals surface area contributed by atoms with Gasteiger partial charge in [-0.05, 0) is 49.2 Å². The number of ether oxygens (including phenoxy) is 2. The van der Waals surface area contributed by atoms with Gasteiger partial charge in [0, 0.05) is 18.3 Å². The van der Waals surface area contributed by atoms with E-state index in [9.17, 15) is 0 Å². The number of benzene rings is 2. The highest BCUT2D eigenvalue weighted by Gasteiger charge is 2.10. The summed E-state index contributed by atoms with van der Waals surface area (Å²) >= 11 is 0. The molecule has 6 nitrogen and oxygen atoms in total. The zero-order chi connectivity index (χ0) is 19.8. The third kappa shape index (κ3) is 7.08. The third-order valence-electron chi connectivity index (χ3n) is 4.97. The van der Waals surface area contributed by atoms with Crippen LogP contribution in [0.3, 0.4) is 0 Å². The molecule has 29 heavy (non-hydrogen) atoms. The maximum Gasteiger partial charge on any atom is 0.193 e. The Morgan fingerprint density at radius 1 is 0.966 bits per heavy atom. The Morgan fingerprint density at radius 2 is 1.62 bits per heavy atom. The second kappa shape index (κ2) is 11.9. The molecule has 0 unspecified atom stereocenters. The minimum atomic E-state index is 0. The van der Waals surface area contributed by atoms with Crippen molar-refractivity contribution in [3.63, 3.8) is 0 Å². The molecular formula is C22H31IN4O2. The molecule has 0 saturated carbocycles. The molecule has 7 heteroatoms. The summed E-state index contributed by atoms with van der Waals surface area (Å²) in [4.78, 5) is 6.96. The first-order chi connectivity index (χ1) is 13.7. The second-order valence-corrected chi connectivity index (χ2v) is 7.05. The summed E-state index contributed by atoms with van der Waals surface area (Å²) in [6, 6.07) is 14.2. The Morgan fingerprint density at radius 3 is 2.28 bits per heavy atom. The molecule has 2 aromatic rings. The van der Waals surface area contributed by atoms with Crippen molar-refractivity contribution in [2.45, 2.75) is 32.4 Å². The lowest BCUT2D eigenvalue weighted by molar-refractivity contribution is 0.221. The molecule has 0 bridgehead atoms. The van der Waals surface area contributed by atoms with Gasteiger partial charge in [-0.15, -0.1) is 24.0 Å². The van der Waals surface area contributed by atoms with Crippen LogP contribution in [0, 0.1) is 0 Å². The van der Waals surface area contributed by atoms with Crippen LogP contribution in [0.1, 0.15) is 30.4 Å². The average Bonchev–Trinajstić information content (AvgIpc) is 2.74. The molecule has 1 saturated heterocycles. The monoisotopic (exact) mass is 510 g/mol. The summed E-state index contributed by atoms with van der Waals surface area (Å²) in [5, 5.41) is 3.09. The van der Waals surface area contributed by atoms with Crippen LogP contribution in [-0.4, -0.2) is 38.2 Å². The van der Waals surface area contributed by atoms with Crippen LogP contribution >= 0.6 is 24.0 Å². The van der Waals surface area contributed by atoms with E-state index >= 15 is 0 Å². The van der Waals surface area contributed by atoms with Crippen molar-refractivity contribution in [3.8, 4) is 11.5 Å². The van der Waals surface area contributed by atoms with Gasteiger partial charge >= 0.3 is 0 Å². The van der Waals surface area contributed by atoms with Crippen LogP contribution in [-0.2, 0) is 13.1 Å². The fourth-order valence-electron chi connectivity index (χ4n) is 3.40. The second-order valence-electron chi connectivity index (χ2n) is 7.05. The van der Waals surface area contributed by atoms with Gasteiger partial charge in [-0.3, -0.25) is 4.90 Å². The van der Waals surface area contributed by atoms with Crippen LogP contribution < -0.4 is 20.5 Å². The van der Waals surface area contributed by atoms with Crippen molar-refractivity contribution in [3.05, 3.63) is 53.6 Å². The molecule has 0 radical (unpaired) electrons. The molecular weight excluding hydrogens is 479 g/mol. The summed E-state index contributed by atoms with van der Waals surface area (Å²) in [7, 11) is 3.21. The van der Waals surface area contributed by atoms with Crippen LogP contribution in [0.25, 0.3) is 0 Å². The predicted octanol–water partition coefficient (Wildman–Crippen LogP) is 4.23. The summed E-state index contributed by atoms with van der Waals surface area (Å²) < 4.78 is 10.5. The maximum absolute atomic E-state index is 6.03. The molecule has 1 aliphatic heterocycles. The number of methoxy groups -OCH3 is 2. The Hall–Kier alpha value is -2.00. The number of nitrogens with zero attached hydrogens (tertiary/aromatic N) is 2. The Bertz CT molecular complexity index is 790. The van der Waals surface area contributed by atoms with Crippen molar-refractivity contribution < 1.29 is 9.47 Å². The first-order valence-corrected chi connectivity index (χ1v) is 9.77. The Labute approximate surface area is 190 Å². The van der Waals surface area contributed by atoms with Crippen LogP contribution in [0.4, 0.5) is 5.69 Å². The molecule has 1 fully saturated rings. The standard InChI is InChI=1S/C22H30N4O2.HI/c1-27-20-11-10-19(14-21(20)28-2)25-22(23)24-15-17-6-8-18(9-7-17)16-26-12-4-3-5-13-26;/h6-11,14H,3-5,12-13,15-16H2,1-2H3,(H3,23,24,25);1H. The van der Waals surface area contributed by atoms with Crippen molar-refractivity contribution in [1.82, 2.24) is 4.90 Å². The number of hydrogen-bond donors (Lipinski definition) is 2. The topological polar surface area (TPSA) is 72.1 Å². The summed E-state index contributed by atoms with van der Waals surface area (Å²) in [5.41, 5.74) is 9.32. The molecule has 0 aliphatic carbocycles. The van der Waals surface area contributed by atoms with Crippen LogP contribution in [0.2, 0.25) is 0 Å². The van der Waals surface area contributed by atoms with E-state index in [4.69, 9.17) is 15.2 Å². The number of hydrogen-bond acceptors (Lipinski definition) is 4. The van der Waals surface area contributed by atoms with Crippen LogP contribution in [0.15, 0.2) is 47.5 Å². The van der Waals surface area contributed by atoms with E-state index in [1.54, 1.807) is 14.2 Å². The van der Waals surface area contributed by atoms with Gasteiger partial charge in [0.05, 0.1) is 20.8 Å². The number of anilines is 1. The minimum Gasteiger partial charge on any atom is -0.493 e. The van der Waals surface area contributed by atoms with E-state index in [1.807, 2.05) is 18.2 Å². The number of guanidine groups is 1. The van der Waals surface area contributed by atoms with E-state index in [-0.39, 0.29) is 24.0 Å². The van der Waals surface area contributed by atoms with Crippen molar-refractivity contribution in [1.29, 1.82) is 0 Å². The summed E-state index contributed by atoms with van der Waals surface area (Å²) in [6.45, 7) is 4.00. The largest absolute Gasteiger partial charge is 0.493 e. The van der Waals surface area contributed by atoms with E-state index in [0.29, 0.717) is 24.0 Å². The Balaban J connectivity index is 0.00000300. The zero-order valence-electron chi connectivity index (χ0n) is 17.2. The lowest BCUT2D eigenvalue weighted by Gasteiger charge is -2.26. The van der Waals surface area contributed by atoms with Crippen molar-refractivity contribution >= 4 is 35.6 Å². The maximum atomic E-state index is 6.03. The van der Waals surface area contributed by atoms with E-state index in [0.717, 1.165) is 17.8 Å². The molecule has 0 atom stereocenters. The third-order valence-corrected chi connectivity index (χ3v) is 4.97. The van der Waals surface area contributed by atoms with Crippen molar-refractivity contribution in [2.24, 2.45) is 10.7 Å². The number of halogens is 1. The smallest absolute Gasteiger partial charge is 0.193 e.